The van der Waals surface area contributed by atoms with Crippen molar-refractivity contribution in [3.05, 3.63) is 60.4 Å². The Kier molecular flexibility index (Phi) is 6.18. The molecule has 1 amide bonds. The fourth-order valence-corrected chi connectivity index (χ4v) is 5.36. The number of rotatable bonds is 5. The molecule has 0 N–H and O–H groups in total. The van der Waals surface area contributed by atoms with E-state index < -0.39 is 15.8 Å². The smallest absolute Gasteiger partial charge is 0.243 e. The predicted molar refractivity (Wildman–Crippen MR) is 103 cm³/mol. The fraction of sp³-hybridized carbons (Fsp3) is 0.316. The van der Waals surface area contributed by atoms with E-state index in [1.54, 1.807) is 4.90 Å². The summed E-state index contributed by atoms with van der Waals surface area (Å²) in [6, 6.07) is 14.7. The maximum absolute atomic E-state index is 13.4. The number of nitrogens with zero attached hydrogens (tertiary/aromatic N) is 2. The van der Waals surface area contributed by atoms with Crippen LogP contribution in [0.5, 0.6) is 0 Å². The van der Waals surface area contributed by atoms with E-state index in [2.05, 4.69) is 0 Å². The van der Waals surface area contributed by atoms with Gasteiger partial charge in [0.2, 0.25) is 15.9 Å². The molecule has 8 heteroatoms. The zero-order valence-corrected chi connectivity index (χ0v) is 16.5. The van der Waals surface area contributed by atoms with Gasteiger partial charge in [-0.1, -0.05) is 24.3 Å². The molecule has 5 nitrogen and oxygen atoms in total. The van der Waals surface area contributed by atoms with Crippen molar-refractivity contribution in [2.24, 2.45) is 0 Å². The first-order chi connectivity index (χ1) is 12.9. The van der Waals surface area contributed by atoms with E-state index in [1.165, 1.54) is 34.3 Å². The number of hydrogen-bond donors (Lipinski definition) is 0. The van der Waals surface area contributed by atoms with Gasteiger partial charge in [0.1, 0.15) is 5.82 Å². The number of thioether (sulfide) groups is 1. The minimum atomic E-state index is -3.75. The lowest BCUT2D eigenvalue weighted by atomic mass is 10.3. The first-order valence-corrected chi connectivity index (χ1v) is 11.0. The molecule has 27 heavy (non-hydrogen) atoms. The molecule has 1 aliphatic rings. The van der Waals surface area contributed by atoms with Crippen molar-refractivity contribution >= 4 is 27.7 Å². The highest BCUT2D eigenvalue weighted by molar-refractivity contribution is 8.00. The van der Waals surface area contributed by atoms with Gasteiger partial charge >= 0.3 is 0 Å². The summed E-state index contributed by atoms with van der Waals surface area (Å²) in [4.78, 5) is 15.3. The molecule has 1 atom stereocenters. The Hall–Kier alpha value is -1.90. The number of sulfonamides is 1. The van der Waals surface area contributed by atoms with E-state index in [-0.39, 0.29) is 29.1 Å². The van der Waals surface area contributed by atoms with Crippen LogP contribution in [0.4, 0.5) is 4.39 Å². The molecule has 0 unspecified atom stereocenters. The van der Waals surface area contributed by atoms with E-state index in [0.29, 0.717) is 13.1 Å². The zero-order chi connectivity index (χ0) is 19.4. The van der Waals surface area contributed by atoms with Crippen molar-refractivity contribution in [1.29, 1.82) is 0 Å². The summed E-state index contributed by atoms with van der Waals surface area (Å²) in [5.41, 5.74) is 0. The van der Waals surface area contributed by atoms with E-state index in [9.17, 15) is 17.6 Å². The summed E-state index contributed by atoms with van der Waals surface area (Å²) in [5.74, 6) is -0.594. The Bertz CT molecular complexity index is 898. The molecule has 1 saturated heterocycles. The fourth-order valence-electron chi connectivity index (χ4n) is 2.94. The second kappa shape index (κ2) is 8.41. The zero-order valence-electron chi connectivity index (χ0n) is 14.9. The first kappa shape index (κ1) is 19.9. The lowest BCUT2D eigenvalue weighted by Crippen LogP contribution is -2.52. The van der Waals surface area contributed by atoms with Crippen molar-refractivity contribution < 1.29 is 17.6 Å². The van der Waals surface area contributed by atoms with E-state index in [0.717, 1.165) is 11.0 Å². The highest BCUT2D eigenvalue weighted by atomic mass is 32.2. The van der Waals surface area contributed by atoms with Crippen molar-refractivity contribution in [1.82, 2.24) is 9.21 Å². The van der Waals surface area contributed by atoms with Crippen LogP contribution in [0.2, 0.25) is 0 Å². The van der Waals surface area contributed by atoms with Crippen LogP contribution in [-0.4, -0.2) is 55.0 Å². The van der Waals surface area contributed by atoms with Crippen LogP contribution in [0.1, 0.15) is 6.92 Å². The van der Waals surface area contributed by atoms with Gasteiger partial charge in [0.25, 0.3) is 0 Å². The Morgan fingerprint density at radius 1 is 1.04 bits per heavy atom. The van der Waals surface area contributed by atoms with Crippen molar-refractivity contribution in [3.8, 4) is 0 Å². The Balaban J connectivity index is 1.60. The van der Waals surface area contributed by atoms with E-state index in [4.69, 9.17) is 0 Å². The van der Waals surface area contributed by atoms with Crippen LogP contribution in [0.15, 0.2) is 64.4 Å². The molecule has 0 radical (unpaired) electrons. The van der Waals surface area contributed by atoms with E-state index >= 15 is 0 Å². The molecular weight excluding hydrogens is 387 g/mol. The maximum Gasteiger partial charge on any atom is 0.243 e. The van der Waals surface area contributed by atoms with Gasteiger partial charge < -0.3 is 4.90 Å². The third-order valence-electron chi connectivity index (χ3n) is 4.39. The van der Waals surface area contributed by atoms with Gasteiger partial charge in [-0.3, -0.25) is 4.79 Å². The van der Waals surface area contributed by atoms with Crippen LogP contribution in [0.3, 0.4) is 0 Å². The lowest BCUT2D eigenvalue weighted by Gasteiger charge is -2.35. The average Bonchev–Trinajstić information content (AvgIpc) is 2.68. The maximum atomic E-state index is 13.4. The van der Waals surface area contributed by atoms with Crippen molar-refractivity contribution in [2.45, 2.75) is 22.0 Å². The van der Waals surface area contributed by atoms with Crippen LogP contribution in [0, 0.1) is 5.82 Å². The average molecular weight is 409 g/mol. The molecule has 0 aromatic heterocycles. The third-order valence-corrected chi connectivity index (χ3v) is 7.38. The van der Waals surface area contributed by atoms with Crippen molar-refractivity contribution in [3.63, 3.8) is 0 Å². The Morgan fingerprint density at radius 3 is 2.33 bits per heavy atom. The second-order valence-corrected chi connectivity index (χ2v) is 9.61. The molecule has 0 bridgehead atoms. The number of carbonyl (C=O) groups excluding carboxylic acids is 1. The lowest BCUT2D eigenvalue weighted by molar-refractivity contribution is -0.131. The number of benzene rings is 2. The topological polar surface area (TPSA) is 57.7 Å². The molecule has 0 aliphatic carbocycles. The number of piperazine rings is 1. The van der Waals surface area contributed by atoms with Crippen LogP contribution >= 0.6 is 11.8 Å². The standard InChI is InChI=1S/C19H21FN2O3S2/c1-15(26-17-7-3-2-4-8-17)19(23)21-10-12-22(13-11-21)27(24,25)18-9-5-6-16(20)14-18/h2-9,14-15H,10-13H2,1H3/t15-/m1/s1. The third kappa shape index (κ3) is 4.69. The van der Waals surface area contributed by atoms with Crippen LogP contribution in [-0.2, 0) is 14.8 Å². The van der Waals surface area contributed by atoms with Gasteiger partial charge in [-0.15, -0.1) is 11.8 Å². The first-order valence-electron chi connectivity index (χ1n) is 8.64. The Labute approximate surface area is 163 Å². The normalized spacial score (nSPS) is 16.9. The van der Waals surface area contributed by atoms with Gasteiger partial charge in [0.05, 0.1) is 10.1 Å². The SMILES string of the molecule is C[C@@H](Sc1ccccc1)C(=O)N1CCN(S(=O)(=O)c2cccc(F)c2)CC1. The van der Waals surface area contributed by atoms with Gasteiger partial charge in [-0.2, -0.15) is 4.31 Å². The quantitative estimate of drug-likeness (QED) is 0.714. The largest absolute Gasteiger partial charge is 0.339 e. The molecule has 0 saturated carbocycles. The molecule has 2 aromatic rings. The van der Waals surface area contributed by atoms with Crippen LogP contribution in [0.25, 0.3) is 0 Å². The summed E-state index contributed by atoms with van der Waals surface area (Å²) in [5, 5.41) is -0.251. The van der Waals surface area contributed by atoms with Gasteiger partial charge in [-0.25, -0.2) is 12.8 Å². The molecule has 2 aromatic carbocycles. The summed E-state index contributed by atoms with van der Waals surface area (Å²) in [6.45, 7) is 2.91. The number of amides is 1. The van der Waals surface area contributed by atoms with Gasteiger partial charge in [0.15, 0.2) is 0 Å². The monoisotopic (exact) mass is 408 g/mol. The molecular formula is C19H21FN2O3S2. The Morgan fingerprint density at radius 2 is 1.70 bits per heavy atom. The summed E-state index contributed by atoms with van der Waals surface area (Å²) < 4.78 is 40.0. The number of carbonyl (C=O) groups is 1. The van der Waals surface area contributed by atoms with Crippen molar-refractivity contribution in [2.75, 3.05) is 26.2 Å². The summed E-state index contributed by atoms with van der Waals surface area (Å²) in [6.07, 6.45) is 0. The molecule has 3 rings (SSSR count). The summed E-state index contributed by atoms with van der Waals surface area (Å²) in [7, 11) is -3.75. The predicted octanol–water partition coefficient (Wildman–Crippen LogP) is 2.84. The molecule has 1 heterocycles. The number of hydrogen-bond acceptors (Lipinski definition) is 4. The molecule has 144 valence electrons. The van der Waals surface area contributed by atoms with Crippen LogP contribution < -0.4 is 0 Å². The highest BCUT2D eigenvalue weighted by Gasteiger charge is 2.31. The second-order valence-electron chi connectivity index (χ2n) is 6.26. The molecule has 0 spiro atoms. The highest BCUT2D eigenvalue weighted by Crippen LogP contribution is 2.25. The minimum absolute atomic E-state index is 0.00773. The molecule has 1 aliphatic heterocycles. The van der Waals surface area contributed by atoms with Gasteiger partial charge in [-0.05, 0) is 37.3 Å². The molecule has 1 fully saturated rings. The van der Waals surface area contributed by atoms with Gasteiger partial charge in [0, 0.05) is 31.1 Å². The summed E-state index contributed by atoms with van der Waals surface area (Å²) >= 11 is 1.49. The minimum Gasteiger partial charge on any atom is -0.339 e. The van der Waals surface area contributed by atoms with E-state index in [1.807, 2.05) is 37.3 Å². The number of halogens is 1.